The smallest absolute Gasteiger partial charge is 0.407 e. The molecule has 0 bridgehead atoms. The van der Waals surface area contributed by atoms with Crippen LogP contribution in [0.15, 0.2) is 24.3 Å². The number of likely N-dealkylation sites (tertiary alicyclic amines) is 1. The number of carbonyl (C=O) groups is 1. The first-order valence-corrected chi connectivity index (χ1v) is 7.50. The minimum absolute atomic E-state index is 0.0266. The van der Waals surface area contributed by atoms with Gasteiger partial charge in [-0.3, -0.25) is 0 Å². The van der Waals surface area contributed by atoms with E-state index < -0.39 is 12.5 Å². The van der Waals surface area contributed by atoms with Crippen molar-refractivity contribution in [2.24, 2.45) is 5.41 Å². The topological polar surface area (TPSA) is 49.8 Å². The Hall–Kier alpha value is -1.85. The second kappa shape index (κ2) is 5.74. The summed E-state index contributed by atoms with van der Waals surface area (Å²) < 4.78 is 31.1. The molecule has 1 amide bonds. The third-order valence-corrected chi connectivity index (χ3v) is 4.83. The van der Waals surface area contributed by atoms with Crippen molar-refractivity contribution in [1.82, 2.24) is 4.90 Å². The summed E-state index contributed by atoms with van der Waals surface area (Å²) in [5, 5.41) is 8.96. The number of piperidine rings is 1. The van der Waals surface area contributed by atoms with Crippen LogP contribution in [-0.2, 0) is 0 Å². The van der Waals surface area contributed by atoms with Crippen molar-refractivity contribution in [3.05, 3.63) is 29.8 Å². The van der Waals surface area contributed by atoms with Gasteiger partial charge in [-0.25, -0.2) is 13.6 Å². The molecule has 0 unspecified atom stereocenters. The standard InChI is InChI=1S/C16H19F2NO3/c17-14(18)11-2-1-3-12(8-11)22-13-9-16(10-13)4-6-19(7-5-16)15(20)21/h1-3,8,13-14H,4-7,9-10H2,(H,20,21). The van der Waals surface area contributed by atoms with E-state index in [0.29, 0.717) is 18.8 Å². The average Bonchev–Trinajstić information content (AvgIpc) is 2.46. The molecule has 2 fully saturated rings. The molecule has 1 spiro atoms. The number of halogens is 2. The van der Waals surface area contributed by atoms with Crippen molar-refractivity contribution in [1.29, 1.82) is 0 Å². The van der Waals surface area contributed by atoms with Crippen molar-refractivity contribution in [2.75, 3.05) is 13.1 Å². The largest absolute Gasteiger partial charge is 0.490 e. The van der Waals surface area contributed by atoms with Gasteiger partial charge in [-0.05, 0) is 43.2 Å². The van der Waals surface area contributed by atoms with Crippen molar-refractivity contribution >= 4 is 6.09 Å². The summed E-state index contributed by atoms with van der Waals surface area (Å²) in [5.74, 6) is 0.487. The fourth-order valence-corrected chi connectivity index (χ4v) is 3.49. The molecule has 1 aromatic carbocycles. The molecular formula is C16H19F2NO3. The molecule has 0 atom stereocenters. The summed E-state index contributed by atoms with van der Waals surface area (Å²) in [5.41, 5.74) is 0.151. The van der Waals surface area contributed by atoms with E-state index in [-0.39, 0.29) is 17.1 Å². The molecular weight excluding hydrogens is 292 g/mol. The second-order valence-electron chi connectivity index (χ2n) is 6.29. The van der Waals surface area contributed by atoms with Gasteiger partial charge in [0.2, 0.25) is 0 Å². The summed E-state index contributed by atoms with van der Waals surface area (Å²) in [6, 6.07) is 6.06. The lowest BCUT2D eigenvalue weighted by molar-refractivity contribution is -0.0516. The molecule has 1 aromatic rings. The van der Waals surface area contributed by atoms with E-state index in [0.717, 1.165) is 25.7 Å². The SMILES string of the molecule is O=C(O)N1CCC2(CC1)CC(Oc1cccc(C(F)F)c1)C2. The third kappa shape index (κ3) is 3.00. The van der Waals surface area contributed by atoms with E-state index in [1.54, 1.807) is 12.1 Å². The molecule has 22 heavy (non-hydrogen) atoms. The molecule has 4 nitrogen and oxygen atoms in total. The Morgan fingerprint density at radius 3 is 2.59 bits per heavy atom. The lowest BCUT2D eigenvalue weighted by Crippen LogP contribution is -2.51. The molecule has 1 saturated heterocycles. The summed E-state index contributed by atoms with van der Waals surface area (Å²) >= 11 is 0. The maximum absolute atomic E-state index is 12.7. The zero-order chi connectivity index (χ0) is 15.7. The molecule has 1 N–H and O–H groups in total. The lowest BCUT2D eigenvalue weighted by Gasteiger charge is -2.51. The predicted octanol–water partition coefficient (Wildman–Crippen LogP) is 3.93. The van der Waals surface area contributed by atoms with E-state index in [1.165, 1.54) is 17.0 Å². The van der Waals surface area contributed by atoms with Crippen molar-refractivity contribution in [2.45, 2.75) is 38.2 Å². The molecule has 1 aliphatic heterocycles. The van der Waals surface area contributed by atoms with Crippen LogP contribution in [0.1, 0.15) is 37.7 Å². The maximum atomic E-state index is 12.7. The van der Waals surface area contributed by atoms with Gasteiger partial charge in [0.15, 0.2) is 0 Å². The monoisotopic (exact) mass is 311 g/mol. The Bertz CT molecular complexity index is 548. The maximum Gasteiger partial charge on any atom is 0.407 e. The van der Waals surface area contributed by atoms with Crippen molar-refractivity contribution in [3.63, 3.8) is 0 Å². The Balaban J connectivity index is 1.52. The van der Waals surface area contributed by atoms with Crippen LogP contribution in [0.25, 0.3) is 0 Å². The van der Waals surface area contributed by atoms with Gasteiger partial charge in [0.25, 0.3) is 6.43 Å². The quantitative estimate of drug-likeness (QED) is 0.920. The van der Waals surface area contributed by atoms with Crippen molar-refractivity contribution < 1.29 is 23.4 Å². The van der Waals surface area contributed by atoms with Gasteiger partial charge in [-0.1, -0.05) is 12.1 Å². The van der Waals surface area contributed by atoms with Crippen LogP contribution in [0.2, 0.25) is 0 Å². The molecule has 0 aromatic heterocycles. The zero-order valence-electron chi connectivity index (χ0n) is 12.2. The minimum Gasteiger partial charge on any atom is -0.490 e. The Morgan fingerprint density at radius 2 is 2.00 bits per heavy atom. The summed E-state index contributed by atoms with van der Waals surface area (Å²) in [4.78, 5) is 12.4. The summed E-state index contributed by atoms with van der Waals surface area (Å²) in [6.45, 7) is 1.14. The second-order valence-corrected chi connectivity index (χ2v) is 6.29. The van der Waals surface area contributed by atoms with Gasteiger partial charge < -0.3 is 14.7 Å². The molecule has 0 radical (unpaired) electrons. The lowest BCUT2D eigenvalue weighted by atomic mass is 9.61. The molecule has 2 aliphatic rings. The first kappa shape index (κ1) is 15.1. The number of hydrogen-bond acceptors (Lipinski definition) is 2. The number of alkyl halides is 2. The van der Waals surface area contributed by atoms with Gasteiger partial charge in [-0.15, -0.1) is 0 Å². The van der Waals surface area contributed by atoms with Crippen LogP contribution < -0.4 is 4.74 Å². The van der Waals surface area contributed by atoms with Crippen LogP contribution in [0.4, 0.5) is 13.6 Å². The predicted molar refractivity (Wildman–Crippen MR) is 76.3 cm³/mol. The molecule has 120 valence electrons. The average molecular weight is 311 g/mol. The fourth-order valence-electron chi connectivity index (χ4n) is 3.49. The number of benzene rings is 1. The number of nitrogens with zero attached hydrogens (tertiary/aromatic N) is 1. The molecule has 3 rings (SSSR count). The van der Waals surface area contributed by atoms with E-state index in [4.69, 9.17) is 9.84 Å². The Kier molecular flexibility index (Phi) is 3.93. The number of ether oxygens (including phenoxy) is 1. The highest BCUT2D eigenvalue weighted by Gasteiger charge is 2.47. The molecule has 6 heteroatoms. The Morgan fingerprint density at radius 1 is 1.32 bits per heavy atom. The van der Waals surface area contributed by atoms with Gasteiger partial charge in [0.1, 0.15) is 5.75 Å². The number of hydrogen-bond donors (Lipinski definition) is 1. The van der Waals surface area contributed by atoms with Gasteiger partial charge in [0, 0.05) is 18.7 Å². The van der Waals surface area contributed by atoms with Crippen LogP contribution >= 0.6 is 0 Å². The summed E-state index contributed by atoms with van der Waals surface area (Å²) in [6.07, 6.45) is 0.164. The molecule has 1 saturated carbocycles. The van der Waals surface area contributed by atoms with E-state index >= 15 is 0 Å². The summed E-state index contributed by atoms with van der Waals surface area (Å²) in [7, 11) is 0. The highest BCUT2D eigenvalue weighted by atomic mass is 19.3. The van der Waals surface area contributed by atoms with E-state index in [1.807, 2.05) is 0 Å². The number of rotatable bonds is 3. The van der Waals surface area contributed by atoms with Crippen LogP contribution in [0, 0.1) is 5.41 Å². The number of carboxylic acid groups (broad SMARTS) is 1. The van der Waals surface area contributed by atoms with E-state index in [2.05, 4.69) is 0 Å². The number of amides is 1. The normalized spacial score (nSPS) is 21.0. The zero-order valence-corrected chi connectivity index (χ0v) is 12.2. The highest BCUT2D eigenvalue weighted by Crippen LogP contribution is 2.50. The van der Waals surface area contributed by atoms with Crippen LogP contribution in [0.3, 0.4) is 0 Å². The molecule has 1 aliphatic carbocycles. The van der Waals surface area contributed by atoms with Crippen LogP contribution in [0.5, 0.6) is 5.75 Å². The Labute approximate surface area is 127 Å². The molecule has 1 heterocycles. The highest BCUT2D eigenvalue weighted by molar-refractivity contribution is 5.65. The minimum atomic E-state index is -2.49. The van der Waals surface area contributed by atoms with Gasteiger partial charge in [-0.2, -0.15) is 0 Å². The van der Waals surface area contributed by atoms with E-state index in [9.17, 15) is 13.6 Å². The van der Waals surface area contributed by atoms with Gasteiger partial charge >= 0.3 is 6.09 Å². The van der Waals surface area contributed by atoms with Gasteiger partial charge in [0.05, 0.1) is 6.10 Å². The third-order valence-electron chi connectivity index (χ3n) is 4.83. The fraction of sp³-hybridized carbons (Fsp3) is 0.562. The first-order chi connectivity index (χ1) is 10.5. The van der Waals surface area contributed by atoms with Crippen LogP contribution in [-0.4, -0.2) is 35.3 Å². The van der Waals surface area contributed by atoms with Crippen molar-refractivity contribution in [3.8, 4) is 5.75 Å². The first-order valence-electron chi connectivity index (χ1n) is 7.50.